The average molecular weight is 178 g/mol. The molecule has 1 aromatic carbocycles. The number of nitrogens with two attached hydrogens (primary N) is 1. The van der Waals surface area contributed by atoms with E-state index in [-0.39, 0.29) is 5.96 Å². The molecule has 0 radical (unpaired) electrons. The summed E-state index contributed by atoms with van der Waals surface area (Å²) in [7, 11) is 1.88. The first-order chi connectivity index (χ1) is 6.22. The summed E-state index contributed by atoms with van der Waals surface area (Å²) in [6.45, 7) is 0.597. The molecular weight excluding hydrogens is 164 g/mol. The SMILES string of the molecule is CNc1ccc(CNC(=N)N)cc1. The molecule has 70 valence electrons. The number of guanidine groups is 1. The zero-order valence-corrected chi connectivity index (χ0v) is 7.59. The van der Waals surface area contributed by atoms with Gasteiger partial charge in [0.15, 0.2) is 5.96 Å². The first kappa shape index (κ1) is 9.38. The van der Waals surface area contributed by atoms with Gasteiger partial charge >= 0.3 is 0 Å². The second-order valence-corrected chi connectivity index (χ2v) is 2.71. The third-order valence-corrected chi connectivity index (χ3v) is 1.73. The van der Waals surface area contributed by atoms with Crippen molar-refractivity contribution in [1.82, 2.24) is 5.32 Å². The fourth-order valence-corrected chi connectivity index (χ4v) is 0.987. The Balaban J connectivity index is 2.54. The van der Waals surface area contributed by atoms with E-state index < -0.39 is 0 Å². The molecule has 4 nitrogen and oxygen atoms in total. The van der Waals surface area contributed by atoms with Crippen molar-refractivity contribution < 1.29 is 0 Å². The van der Waals surface area contributed by atoms with Gasteiger partial charge in [-0.25, -0.2) is 0 Å². The highest BCUT2D eigenvalue weighted by Gasteiger charge is 1.92. The van der Waals surface area contributed by atoms with Crippen molar-refractivity contribution in [2.45, 2.75) is 6.54 Å². The highest BCUT2D eigenvalue weighted by Crippen LogP contribution is 2.07. The van der Waals surface area contributed by atoms with Crippen LogP contribution in [0.15, 0.2) is 24.3 Å². The van der Waals surface area contributed by atoms with Crippen LogP contribution < -0.4 is 16.4 Å². The van der Waals surface area contributed by atoms with Gasteiger partial charge in [-0.2, -0.15) is 0 Å². The fourth-order valence-electron chi connectivity index (χ4n) is 0.987. The molecule has 0 bridgehead atoms. The molecule has 0 heterocycles. The van der Waals surface area contributed by atoms with Crippen LogP contribution in [0.1, 0.15) is 5.56 Å². The average Bonchev–Trinajstić information content (AvgIpc) is 2.15. The van der Waals surface area contributed by atoms with Gasteiger partial charge in [0.1, 0.15) is 0 Å². The normalized spacial score (nSPS) is 9.31. The summed E-state index contributed by atoms with van der Waals surface area (Å²) in [5, 5.41) is 12.7. The van der Waals surface area contributed by atoms with Crippen molar-refractivity contribution in [3.8, 4) is 0 Å². The van der Waals surface area contributed by atoms with Gasteiger partial charge in [0.2, 0.25) is 0 Å². The number of hydrogen-bond acceptors (Lipinski definition) is 2. The van der Waals surface area contributed by atoms with Gasteiger partial charge in [-0.15, -0.1) is 0 Å². The Bertz CT molecular complexity index is 278. The Hall–Kier alpha value is -1.71. The second kappa shape index (κ2) is 4.35. The molecule has 0 spiro atoms. The molecule has 1 aromatic rings. The van der Waals surface area contributed by atoms with Crippen molar-refractivity contribution in [2.75, 3.05) is 12.4 Å². The van der Waals surface area contributed by atoms with Crippen LogP contribution in [-0.2, 0) is 6.54 Å². The van der Waals surface area contributed by atoms with E-state index in [1.54, 1.807) is 0 Å². The molecule has 0 aliphatic heterocycles. The summed E-state index contributed by atoms with van der Waals surface area (Å²) in [4.78, 5) is 0. The Morgan fingerprint density at radius 2 is 2.00 bits per heavy atom. The monoisotopic (exact) mass is 178 g/mol. The number of hydrogen-bond donors (Lipinski definition) is 4. The minimum Gasteiger partial charge on any atom is -0.388 e. The van der Waals surface area contributed by atoms with Crippen LogP contribution in [0.2, 0.25) is 0 Å². The first-order valence-electron chi connectivity index (χ1n) is 4.07. The molecule has 0 aliphatic rings. The summed E-state index contributed by atoms with van der Waals surface area (Å²) in [5.41, 5.74) is 7.34. The lowest BCUT2D eigenvalue weighted by Gasteiger charge is -2.04. The predicted molar refractivity (Wildman–Crippen MR) is 54.7 cm³/mol. The molecule has 0 fully saturated rings. The minimum absolute atomic E-state index is 0.00214. The van der Waals surface area contributed by atoms with Gasteiger partial charge < -0.3 is 16.4 Å². The second-order valence-electron chi connectivity index (χ2n) is 2.71. The van der Waals surface area contributed by atoms with E-state index in [2.05, 4.69) is 10.6 Å². The zero-order valence-electron chi connectivity index (χ0n) is 7.59. The lowest BCUT2D eigenvalue weighted by atomic mass is 10.2. The summed E-state index contributed by atoms with van der Waals surface area (Å²) in [5.74, 6) is -0.00214. The Kier molecular flexibility index (Phi) is 3.14. The van der Waals surface area contributed by atoms with Crippen molar-refractivity contribution in [3.05, 3.63) is 29.8 Å². The molecule has 0 amide bonds. The minimum atomic E-state index is -0.00214. The van der Waals surface area contributed by atoms with Gasteiger partial charge in [-0.05, 0) is 17.7 Å². The molecular formula is C9H14N4. The maximum Gasteiger partial charge on any atom is 0.185 e. The topological polar surface area (TPSA) is 73.9 Å². The molecule has 0 aliphatic carbocycles. The quantitative estimate of drug-likeness (QED) is 0.407. The lowest BCUT2D eigenvalue weighted by Crippen LogP contribution is -2.29. The molecule has 5 N–H and O–H groups in total. The number of benzene rings is 1. The highest BCUT2D eigenvalue weighted by atomic mass is 15.0. The Morgan fingerprint density at radius 3 is 2.46 bits per heavy atom. The molecule has 0 aromatic heterocycles. The van der Waals surface area contributed by atoms with Gasteiger partial charge in [-0.3, -0.25) is 5.41 Å². The third-order valence-electron chi connectivity index (χ3n) is 1.73. The van der Waals surface area contributed by atoms with E-state index in [0.717, 1.165) is 11.3 Å². The molecule has 1 rings (SSSR count). The van der Waals surface area contributed by atoms with E-state index in [0.29, 0.717) is 6.54 Å². The predicted octanol–water partition coefficient (Wildman–Crippen LogP) is 0.711. The molecule has 4 heteroatoms. The summed E-state index contributed by atoms with van der Waals surface area (Å²) >= 11 is 0. The maximum atomic E-state index is 6.98. The van der Waals surface area contributed by atoms with Gasteiger partial charge in [0.05, 0.1) is 0 Å². The summed E-state index contributed by atoms with van der Waals surface area (Å²) < 4.78 is 0. The van der Waals surface area contributed by atoms with Crippen LogP contribution in [0.25, 0.3) is 0 Å². The van der Waals surface area contributed by atoms with E-state index >= 15 is 0 Å². The smallest absolute Gasteiger partial charge is 0.185 e. The largest absolute Gasteiger partial charge is 0.388 e. The van der Waals surface area contributed by atoms with Crippen LogP contribution in [0, 0.1) is 5.41 Å². The van der Waals surface area contributed by atoms with Crippen molar-refractivity contribution in [1.29, 1.82) is 5.41 Å². The van der Waals surface area contributed by atoms with Gasteiger partial charge in [-0.1, -0.05) is 12.1 Å². The van der Waals surface area contributed by atoms with Crippen molar-refractivity contribution >= 4 is 11.6 Å². The third kappa shape index (κ3) is 3.02. The van der Waals surface area contributed by atoms with E-state index in [4.69, 9.17) is 11.1 Å². The van der Waals surface area contributed by atoms with Crippen LogP contribution in [0.5, 0.6) is 0 Å². The lowest BCUT2D eigenvalue weighted by molar-refractivity contribution is 0.897. The fraction of sp³-hybridized carbons (Fsp3) is 0.222. The van der Waals surface area contributed by atoms with Crippen molar-refractivity contribution in [3.63, 3.8) is 0 Å². The molecule has 0 atom stereocenters. The van der Waals surface area contributed by atoms with Crippen molar-refractivity contribution in [2.24, 2.45) is 5.73 Å². The molecule has 0 unspecified atom stereocenters. The van der Waals surface area contributed by atoms with Gasteiger partial charge in [0.25, 0.3) is 0 Å². The van der Waals surface area contributed by atoms with Crippen LogP contribution in [0.4, 0.5) is 5.69 Å². The number of rotatable bonds is 3. The van der Waals surface area contributed by atoms with E-state index in [1.807, 2.05) is 31.3 Å². The Labute approximate surface area is 77.7 Å². The van der Waals surface area contributed by atoms with Gasteiger partial charge in [0, 0.05) is 19.3 Å². The van der Waals surface area contributed by atoms with Crippen LogP contribution >= 0.6 is 0 Å². The summed E-state index contributed by atoms with van der Waals surface area (Å²) in [6.07, 6.45) is 0. The highest BCUT2D eigenvalue weighted by molar-refractivity contribution is 5.74. The van der Waals surface area contributed by atoms with E-state index in [1.165, 1.54) is 0 Å². The molecule has 0 saturated carbocycles. The maximum absolute atomic E-state index is 6.98. The molecule has 13 heavy (non-hydrogen) atoms. The number of anilines is 1. The standard InChI is InChI=1S/C9H14N4/c1-12-8-4-2-7(3-5-8)6-13-9(10)11/h2-5,12H,6H2,1H3,(H4,10,11,13). The summed E-state index contributed by atoms with van der Waals surface area (Å²) in [6, 6.07) is 7.94. The Morgan fingerprint density at radius 1 is 1.38 bits per heavy atom. The molecule has 0 saturated heterocycles. The first-order valence-corrected chi connectivity index (χ1v) is 4.07. The van der Waals surface area contributed by atoms with Crippen LogP contribution in [-0.4, -0.2) is 13.0 Å². The zero-order chi connectivity index (χ0) is 9.68. The number of nitrogens with one attached hydrogen (secondary N) is 3. The van der Waals surface area contributed by atoms with Crippen LogP contribution in [0.3, 0.4) is 0 Å². The van der Waals surface area contributed by atoms with E-state index in [9.17, 15) is 0 Å².